The summed E-state index contributed by atoms with van der Waals surface area (Å²) in [6.07, 6.45) is -5.23. The third kappa shape index (κ3) is 6.19. The molecule has 0 aliphatic rings. The zero-order chi connectivity index (χ0) is 19.2. The van der Waals surface area contributed by atoms with Gasteiger partial charge in [0.05, 0.1) is 6.61 Å². The van der Waals surface area contributed by atoms with Crippen molar-refractivity contribution in [3.63, 3.8) is 0 Å². The zero-order valence-corrected chi connectivity index (χ0v) is 14.3. The van der Waals surface area contributed by atoms with Crippen LogP contribution in [0.2, 0.25) is 0 Å². The Hall–Kier alpha value is -2.90. The Balaban J connectivity index is 1.94. The molecule has 8 heteroatoms. The molecule has 0 bridgehead atoms. The summed E-state index contributed by atoms with van der Waals surface area (Å²) in [5, 5.41) is 5.81. The zero-order valence-electron chi connectivity index (χ0n) is 14.3. The molecule has 2 aromatic rings. The maximum absolute atomic E-state index is 12.2. The van der Waals surface area contributed by atoms with Crippen LogP contribution in [0.4, 0.5) is 29.3 Å². The molecule has 0 radical (unpaired) electrons. The van der Waals surface area contributed by atoms with Crippen LogP contribution in [0.15, 0.2) is 48.5 Å². The largest absolute Gasteiger partial charge is 0.573 e. The molecule has 0 saturated heterocycles. The van der Waals surface area contributed by atoms with Crippen LogP contribution in [-0.4, -0.2) is 19.1 Å². The van der Waals surface area contributed by atoms with Gasteiger partial charge in [-0.05, 0) is 55.8 Å². The van der Waals surface area contributed by atoms with Crippen molar-refractivity contribution in [2.75, 3.05) is 17.2 Å². The molecule has 1 unspecified atom stereocenters. The quantitative estimate of drug-likeness (QED) is 0.724. The normalized spacial score (nSPS) is 12.2. The fraction of sp³-hybridized carbons (Fsp3) is 0.278. The molecule has 140 valence electrons. The minimum absolute atomic E-state index is 0.140. The average Bonchev–Trinajstić information content (AvgIpc) is 2.56. The Bertz CT molecular complexity index is 716. The van der Waals surface area contributed by atoms with Crippen molar-refractivity contribution in [2.24, 2.45) is 0 Å². The number of benzene rings is 2. The van der Waals surface area contributed by atoms with Crippen molar-refractivity contribution in [1.29, 1.82) is 0 Å². The number of amides is 1. The van der Waals surface area contributed by atoms with E-state index in [0.29, 0.717) is 5.69 Å². The molecule has 26 heavy (non-hydrogen) atoms. The number of halogens is 3. The highest BCUT2D eigenvalue weighted by Crippen LogP contribution is 2.26. The average molecular weight is 368 g/mol. The number of anilines is 2. The van der Waals surface area contributed by atoms with Crippen LogP contribution in [0.1, 0.15) is 25.5 Å². The van der Waals surface area contributed by atoms with Gasteiger partial charge in [0.1, 0.15) is 5.75 Å². The van der Waals surface area contributed by atoms with Crippen molar-refractivity contribution in [2.45, 2.75) is 26.3 Å². The van der Waals surface area contributed by atoms with Crippen molar-refractivity contribution in [1.82, 2.24) is 0 Å². The molecule has 2 rings (SSSR count). The Morgan fingerprint density at radius 2 is 1.62 bits per heavy atom. The summed E-state index contributed by atoms with van der Waals surface area (Å²) < 4.78 is 45.2. The van der Waals surface area contributed by atoms with Crippen molar-refractivity contribution in [3.8, 4) is 5.75 Å². The second-order valence-corrected chi connectivity index (χ2v) is 5.41. The summed E-state index contributed by atoms with van der Waals surface area (Å²) >= 11 is 0. The molecular weight excluding hydrogens is 349 g/mol. The van der Waals surface area contributed by atoms with Gasteiger partial charge in [-0.25, -0.2) is 4.79 Å². The molecule has 0 aliphatic heterocycles. The molecule has 0 spiro atoms. The van der Waals surface area contributed by atoms with Gasteiger partial charge in [0.25, 0.3) is 0 Å². The minimum Gasteiger partial charge on any atom is -0.450 e. The van der Waals surface area contributed by atoms with E-state index in [1.807, 2.05) is 6.92 Å². The number of nitrogens with one attached hydrogen (secondary N) is 2. The predicted molar refractivity (Wildman–Crippen MR) is 92.2 cm³/mol. The van der Waals surface area contributed by atoms with E-state index in [-0.39, 0.29) is 18.4 Å². The van der Waals surface area contributed by atoms with Crippen LogP contribution in [-0.2, 0) is 4.74 Å². The summed E-state index contributed by atoms with van der Waals surface area (Å²) in [7, 11) is 0. The standard InChI is InChI=1S/C18H19F3N2O3/c1-3-25-17(24)23-15-8-6-14(7-9-15)22-12(2)13-4-10-16(11-5-13)26-18(19,20)21/h4-12,22H,3H2,1-2H3,(H,23,24). The summed E-state index contributed by atoms with van der Waals surface area (Å²) in [4.78, 5) is 11.3. The van der Waals surface area contributed by atoms with E-state index in [9.17, 15) is 18.0 Å². The van der Waals surface area contributed by atoms with E-state index < -0.39 is 12.5 Å². The molecule has 1 atom stereocenters. The Morgan fingerprint density at radius 1 is 1.04 bits per heavy atom. The second kappa shape index (κ2) is 8.46. The van der Waals surface area contributed by atoms with Crippen LogP contribution in [0, 0.1) is 0 Å². The smallest absolute Gasteiger partial charge is 0.450 e. The first-order valence-electron chi connectivity index (χ1n) is 7.93. The lowest BCUT2D eigenvalue weighted by Gasteiger charge is -2.17. The maximum Gasteiger partial charge on any atom is 0.573 e. The molecule has 0 saturated carbocycles. The van der Waals surface area contributed by atoms with Gasteiger partial charge in [-0.3, -0.25) is 5.32 Å². The summed E-state index contributed by atoms with van der Waals surface area (Å²) in [5.74, 6) is -0.261. The van der Waals surface area contributed by atoms with Crippen LogP contribution < -0.4 is 15.4 Å². The van der Waals surface area contributed by atoms with Crippen LogP contribution >= 0.6 is 0 Å². The summed E-state index contributed by atoms with van der Waals surface area (Å²) in [6, 6.07) is 12.5. The SMILES string of the molecule is CCOC(=O)Nc1ccc(NC(C)c2ccc(OC(F)(F)F)cc2)cc1. The highest BCUT2D eigenvalue weighted by atomic mass is 19.4. The van der Waals surface area contributed by atoms with E-state index in [2.05, 4.69) is 15.4 Å². The second-order valence-electron chi connectivity index (χ2n) is 5.41. The topological polar surface area (TPSA) is 59.6 Å². The lowest BCUT2D eigenvalue weighted by atomic mass is 10.1. The van der Waals surface area contributed by atoms with Crippen LogP contribution in [0.25, 0.3) is 0 Å². The number of carbonyl (C=O) groups is 1. The number of rotatable bonds is 6. The van der Waals surface area contributed by atoms with Gasteiger partial charge in [-0.15, -0.1) is 13.2 Å². The van der Waals surface area contributed by atoms with E-state index >= 15 is 0 Å². The molecule has 0 aromatic heterocycles. The van der Waals surface area contributed by atoms with Crippen molar-refractivity contribution < 1.29 is 27.4 Å². The lowest BCUT2D eigenvalue weighted by molar-refractivity contribution is -0.274. The predicted octanol–water partition coefficient (Wildman–Crippen LogP) is 5.33. The fourth-order valence-electron chi connectivity index (χ4n) is 2.23. The Morgan fingerprint density at radius 3 is 2.15 bits per heavy atom. The summed E-state index contributed by atoms with van der Waals surface area (Å²) in [6.45, 7) is 3.88. The monoisotopic (exact) mass is 368 g/mol. The van der Waals surface area contributed by atoms with Crippen LogP contribution in [0.3, 0.4) is 0 Å². The summed E-state index contributed by atoms with van der Waals surface area (Å²) in [5.41, 5.74) is 2.19. The van der Waals surface area contributed by atoms with Gasteiger partial charge in [-0.2, -0.15) is 0 Å². The van der Waals surface area contributed by atoms with Gasteiger partial charge >= 0.3 is 12.5 Å². The molecule has 0 fully saturated rings. The number of ether oxygens (including phenoxy) is 2. The van der Waals surface area contributed by atoms with E-state index in [1.54, 1.807) is 43.3 Å². The maximum atomic E-state index is 12.2. The molecule has 0 aliphatic carbocycles. The fourth-order valence-corrected chi connectivity index (χ4v) is 2.23. The number of alkyl halides is 3. The van der Waals surface area contributed by atoms with Gasteiger partial charge < -0.3 is 14.8 Å². The highest BCUT2D eigenvalue weighted by Gasteiger charge is 2.31. The molecule has 1 amide bonds. The Kier molecular flexibility index (Phi) is 6.32. The van der Waals surface area contributed by atoms with Gasteiger partial charge in [-0.1, -0.05) is 12.1 Å². The third-order valence-electron chi connectivity index (χ3n) is 3.40. The van der Waals surface area contributed by atoms with E-state index in [4.69, 9.17) is 4.74 Å². The number of hydrogen-bond acceptors (Lipinski definition) is 4. The van der Waals surface area contributed by atoms with Gasteiger partial charge in [0, 0.05) is 17.4 Å². The first-order chi connectivity index (χ1) is 12.3. The van der Waals surface area contributed by atoms with E-state index in [1.165, 1.54) is 12.1 Å². The lowest BCUT2D eigenvalue weighted by Crippen LogP contribution is -2.17. The molecule has 0 heterocycles. The van der Waals surface area contributed by atoms with Crippen molar-refractivity contribution in [3.05, 3.63) is 54.1 Å². The van der Waals surface area contributed by atoms with Gasteiger partial charge in [0.2, 0.25) is 0 Å². The highest BCUT2D eigenvalue weighted by molar-refractivity contribution is 5.84. The molecular formula is C18H19F3N2O3. The third-order valence-corrected chi connectivity index (χ3v) is 3.40. The van der Waals surface area contributed by atoms with Crippen LogP contribution in [0.5, 0.6) is 5.75 Å². The van der Waals surface area contributed by atoms with Crippen molar-refractivity contribution >= 4 is 17.5 Å². The number of hydrogen-bond donors (Lipinski definition) is 2. The molecule has 2 aromatic carbocycles. The van der Waals surface area contributed by atoms with E-state index in [0.717, 1.165) is 11.3 Å². The van der Waals surface area contributed by atoms with Gasteiger partial charge in [0.15, 0.2) is 0 Å². The first kappa shape index (κ1) is 19.4. The molecule has 5 nitrogen and oxygen atoms in total. The minimum atomic E-state index is -4.70. The number of carbonyl (C=O) groups excluding carboxylic acids is 1. The first-order valence-corrected chi connectivity index (χ1v) is 7.93. The Labute approximate surface area is 149 Å². The molecule has 2 N–H and O–H groups in total.